The van der Waals surface area contributed by atoms with Crippen LogP contribution in [0.1, 0.15) is 18.5 Å². The molecule has 6 nitrogen and oxygen atoms in total. The number of pyridine rings is 1. The number of halogens is 2. The van der Waals surface area contributed by atoms with E-state index in [2.05, 4.69) is 25.9 Å². The summed E-state index contributed by atoms with van der Waals surface area (Å²) in [6.45, 7) is 1.97. The third-order valence-corrected chi connectivity index (χ3v) is 4.81. The number of methoxy groups -OCH3 is 1. The van der Waals surface area contributed by atoms with E-state index in [0.29, 0.717) is 32.3 Å². The number of ether oxygens (including phenoxy) is 1. The molecule has 0 aliphatic carbocycles. The highest BCUT2D eigenvalue weighted by Crippen LogP contribution is 2.35. The van der Waals surface area contributed by atoms with Crippen molar-refractivity contribution < 1.29 is 4.74 Å². The van der Waals surface area contributed by atoms with E-state index < -0.39 is 0 Å². The first-order valence-electron chi connectivity index (χ1n) is 8.42. The molecule has 0 amide bonds. The number of thiocarbonyl (C=S) groups is 1. The highest BCUT2D eigenvalue weighted by atomic mass is 35.5. The van der Waals surface area contributed by atoms with Crippen LogP contribution in [0.5, 0.6) is 5.75 Å². The molecule has 142 valence electrons. The van der Waals surface area contributed by atoms with Gasteiger partial charge in [-0.3, -0.25) is 10.9 Å². The Hall–Kier alpha value is -1.93. The predicted octanol–water partition coefficient (Wildman–Crippen LogP) is 3.87. The van der Waals surface area contributed by atoms with Crippen LogP contribution in [0.15, 0.2) is 35.4 Å². The molecule has 1 aliphatic heterocycles. The van der Waals surface area contributed by atoms with Gasteiger partial charge in [0.05, 0.1) is 34.8 Å². The Bertz CT molecular complexity index is 856. The fraction of sp³-hybridized carbons (Fsp3) is 0.278. The van der Waals surface area contributed by atoms with Crippen molar-refractivity contribution in [2.45, 2.75) is 12.8 Å². The van der Waals surface area contributed by atoms with Crippen LogP contribution in [0.3, 0.4) is 0 Å². The largest absolute Gasteiger partial charge is 0.495 e. The number of nitrogens with zero attached hydrogens (tertiary/aromatic N) is 3. The fourth-order valence-corrected chi connectivity index (χ4v) is 3.45. The fourth-order valence-electron chi connectivity index (χ4n) is 2.71. The van der Waals surface area contributed by atoms with Crippen molar-refractivity contribution >= 4 is 46.7 Å². The predicted molar refractivity (Wildman–Crippen MR) is 114 cm³/mol. The number of hydrazine groups is 1. The second-order valence-electron chi connectivity index (χ2n) is 5.92. The van der Waals surface area contributed by atoms with E-state index in [1.54, 1.807) is 25.5 Å². The molecule has 2 heterocycles. The van der Waals surface area contributed by atoms with Gasteiger partial charge in [0.2, 0.25) is 5.11 Å². The monoisotopic (exact) mass is 423 g/mol. The molecular formula is C18H19Cl2N5OS. The molecule has 1 saturated heterocycles. The number of rotatable bonds is 5. The van der Waals surface area contributed by atoms with Crippen LogP contribution in [-0.2, 0) is 0 Å². The molecule has 27 heavy (non-hydrogen) atoms. The number of hydrogen-bond donors (Lipinski definition) is 2. The lowest BCUT2D eigenvalue weighted by molar-refractivity contribution is 0.294. The van der Waals surface area contributed by atoms with Crippen LogP contribution in [-0.4, -0.2) is 41.5 Å². The normalized spacial score (nSPS) is 14.5. The maximum absolute atomic E-state index is 6.32. The standard InChI is InChI=1S/C18H19Cl2N5OS/c1-26-17-9-13(14(19)10-15(17)20)16-6-4-5-12(22-16)11-21-23-18(27)24-25-7-2-3-8-25/h4-6,9-11H,2-3,7-8H2,1H3,(H2,23,24,27). The zero-order valence-electron chi connectivity index (χ0n) is 14.7. The summed E-state index contributed by atoms with van der Waals surface area (Å²) in [6, 6.07) is 8.98. The summed E-state index contributed by atoms with van der Waals surface area (Å²) in [5, 5.41) is 7.61. The first kappa shape index (κ1) is 19.8. The smallest absolute Gasteiger partial charge is 0.201 e. The van der Waals surface area contributed by atoms with Crippen molar-refractivity contribution in [3.8, 4) is 17.0 Å². The Morgan fingerprint density at radius 3 is 2.78 bits per heavy atom. The van der Waals surface area contributed by atoms with E-state index in [-0.39, 0.29) is 0 Å². The van der Waals surface area contributed by atoms with Crippen molar-refractivity contribution in [2.75, 3.05) is 20.2 Å². The second kappa shape index (κ2) is 9.32. The van der Waals surface area contributed by atoms with Crippen LogP contribution >= 0.6 is 35.4 Å². The maximum Gasteiger partial charge on any atom is 0.201 e. The van der Waals surface area contributed by atoms with Gasteiger partial charge in [-0.1, -0.05) is 29.3 Å². The number of benzene rings is 1. The van der Waals surface area contributed by atoms with Gasteiger partial charge in [-0.05, 0) is 49.3 Å². The molecule has 1 aromatic heterocycles. The molecular weight excluding hydrogens is 405 g/mol. The van der Waals surface area contributed by atoms with Crippen molar-refractivity contribution in [3.05, 3.63) is 46.1 Å². The topological polar surface area (TPSA) is 61.8 Å². The molecule has 1 aromatic carbocycles. The third kappa shape index (κ3) is 5.29. The van der Waals surface area contributed by atoms with E-state index in [1.165, 1.54) is 12.8 Å². The summed E-state index contributed by atoms with van der Waals surface area (Å²) in [5.41, 5.74) is 7.98. The number of aromatic nitrogens is 1. The zero-order chi connectivity index (χ0) is 19.2. The summed E-state index contributed by atoms with van der Waals surface area (Å²) in [7, 11) is 1.56. The number of nitrogens with one attached hydrogen (secondary N) is 2. The number of hydrazone groups is 1. The minimum Gasteiger partial charge on any atom is -0.495 e. The molecule has 1 aliphatic rings. The number of hydrogen-bond acceptors (Lipinski definition) is 5. The minimum atomic E-state index is 0.451. The quantitative estimate of drug-likeness (QED) is 0.432. The van der Waals surface area contributed by atoms with Crippen LogP contribution < -0.4 is 15.6 Å². The van der Waals surface area contributed by atoms with Gasteiger partial charge in [0.15, 0.2) is 0 Å². The summed E-state index contributed by atoms with van der Waals surface area (Å²) in [4.78, 5) is 4.56. The molecule has 1 fully saturated rings. The van der Waals surface area contributed by atoms with E-state index in [1.807, 2.05) is 18.2 Å². The average molecular weight is 424 g/mol. The first-order chi connectivity index (χ1) is 13.1. The van der Waals surface area contributed by atoms with Crippen LogP contribution in [0.25, 0.3) is 11.3 Å². The Kier molecular flexibility index (Phi) is 6.84. The minimum absolute atomic E-state index is 0.451. The van der Waals surface area contributed by atoms with Gasteiger partial charge in [-0.25, -0.2) is 9.99 Å². The molecule has 9 heteroatoms. The maximum atomic E-state index is 6.32. The van der Waals surface area contributed by atoms with Gasteiger partial charge in [0, 0.05) is 18.7 Å². The SMILES string of the molecule is COc1cc(-c2cccc(C=NNC(=S)NN3CCCC3)n2)c(Cl)cc1Cl. The van der Waals surface area contributed by atoms with Gasteiger partial charge in [-0.15, -0.1) is 0 Å². The molecule has 0 bridgehead atoms. The summed E-state index contributed by atoms with van der Waals surface area (Å²) in [5.74, 6) is 0.539. The van der Waals surface area contributed by atoms with Crippen LogP contribution in [0.4, 0.5) is 0 Å². The van der Waals surface area contributed by atoms with Gasteiger partial charge in [0.1, 0.15) is 5.75 Å². The van der Waals surface area contributed by atoms with Gasteiger partial charge in [0.25, 0.3) is 0 Å². The Morgan fingerprint density at radius 2 is 2.04 bits per heavy atom. The molecule has 3 rings (SSSR count). The molecule has 0 atom stereocenters. The highest BCUT2D eigenvalue weighted by Gasteiger charge is 2.12. The van der Waals surface area contributed by atoms with E-state index in [9.17, 15) is 0 Å². The van der Waals surface area contributed by atoms with Gasteiger partial charge in [-0.2, -0.15) is 5.10 Å². The van der Waals surface area contributed by atoms with Crippen molar-refractivity contribution in [2.24, 2.45) is 5.10 Å². The lowest BCUT2D eigenvalue weighted by atomic mass is 10.1. The zero-order valence-corrected chi connectivity index (χ0v) is 17.0. The summed E-state index contributed by atoms with van der Waals surface area (Å²) >= 11 is 17.6. The van der Waals surface area contributed by atoms with Crippen molar-refractivity contribution in [3.63, 3.8) is 0 Å². The molecule has 0 saturated carbocycles. The van der Waals surface area contributed by atoms with Crippen molar-refractivity contribution in [1.29, 1.82) is 0 Å². The second-order valence-corrected chi connectivity index (χ2v) is 7.14. The lowest BCUT2D eigenvalue weighted by Gasteiger charge is -2.17. The van der Waals surface area contributed by atoms with Crippen LogP contribution in [0, 0.1) is 0 Å². The first-order valence-corrected chi connectivity index (χ1v) is 9.58. The Labute approximate surface area is 173 Å². The van der Waals surface area contributed by atoms with Gasteiger partial charge >= 0.3 is 0 Å². The van der Waals surface area contributed by atoms with E-state index in [0.717, 1.165) is 18.7 Å². The molecule has 0 spiro atoms. The summed E-state index contributed by atoms with van der Waals surface area (Å²) < 4.78 is 5.26. The molecule has 2 N–H and O–H groups in total. The molecule has 0 unspecified atom stereocenters. The molecule has 2 aromatic rings. The highest BCUT2D eigenvalue weighted by molar-refractivity contribution is 7.80. The average Bonchev–Trinajstić information content (AvgIpc) is 3.15. The summed E-state index contributed by atoms with van der Waals surface area (Å²) in [6.07, 6.45) is 3.95. The van der Waals surface area contributed by atoms with Crippen LogP contribution in [0.2, 0.25) is 10.0 Å². The Morgan fingerprint density at radius 1 is 1.26 bits per heavy atom. The van der Waals surface area contributed by atoms with E-state index >= 15 is 0 Å². The Balaban J connectivity index is 1.69. The van der Waals surface area contributed by atoms with Gasteiger partial charge < -0.3 is 4.74 Å². The molecule has 0 radical (unpaired) electrons. The van der Waals surface area contributed by atoms with Crippen molar-refractivity contribution in [1.82, 2.24) is 20.8 Å². The third-order valence-electron chi connectivity index (χ3n) is 4.02. The van der Waals surface area contributed by atoms with E-state index in [4.69, 9.17) is 40.2 Å². The lowest BCUT2D eigenvalue weighted by Crippen LogP contribution is -2.44.